The first-order valence-corrected chi connectivity index (χ1v) is 13.9. The molecule has 1 saturated heterocycles. The van der Waals surface area contributed by atoms with E-state index in [-0.39, 0.29) is 11.8 Å². The second-order valence-corrected chi connectivity index (χ2v) is 10.3. The number of nitrogens with zero attached hydrogens (tertiary/aromatic N) is 2. The van der Waals surface area contributed by atoms with Crippen molar-refractivity contribution >= 4 is 17.9 Å². The average Bonchev–Trinajstić information content (AvgIpc) is 2.93. The summed E-state index contributed by atoms with van der Waals surface area (Å²) in [5.41, 5.74) is 3.02. The fourth-order valence-electron chi connectivity index (χ4n) is 5.04. The van der Waals surface area contributed by atoms with Crippen molar-refractivity contribution in [3.8, 4) is 5.75 Å². The van der Waals surface area contributed by atoms with E-state index in [0.717, 1.165) is 50.9 Å². The summed E-state index contributed by atoms with van der Waals surface area (Å²) in [4.78, 5) is 30.3. The Morgan fingerprint density at radius 1 is 1.00 bits per heavy atom. The molecule has 2 amide bonds. The topological polar surface area (TPSA) is 49.9 Å². The number of likely N-dealkylation sites (tertiary alicyclic amines) is 1. The van der Waals surface area contributed by atoms with Gasteiger partial charge < -0.3 is 14.5 Å². The summed E-state index contributed by atoms with van der Waals surface area (Å²) >= 11 is 0. The minimum Gasteiger partial charge on any atom is -0.497 e. The van der Waals surface area contributed by atoms with E-state index in [4.69, 9.17) is 4.74 Å². The quantitative estimate of drug-likeness (QED) is 0.281. The van der Waals surface area contributed by atoms with Gasteiger partial charge in [-0.05, 0) is 55.9 Å². The van der Waals surface area contributed by atoms with E-state index >= 15 is 0 Å². The number of hydrogen-bond donors (Lipinski definition) is 0. The lowest BCUT2D eigenvalue weighted by Crippen LogP contribution is -2.43. The minimum absolute atomic E-state index is 0.0546. The van der Waals surface area contributed by atoms with Gasteiger partial charge in [0, 0.05) is 38.2 Å². The molecule has 0 aliphatic carbocycles. The molecule has 0 aromatic heterocycles. The lowest BCUT2D eigenvalue weighted by Gasteiger charge is -2.35. The van der Waals surface area contributed by atoms with Crippen LogP contribution in [0.25, 0.3) is 6.08 Å². The third kappa shape index (κ3) is 9.38. The Bertz CT molecular complexity index is 1010. The molecule has 0 radical (unpaired) electrons. The van der Waals surface area contributed by atoms with Gasteiger partial charge in [-0.25, -0.2) is 0 Å². The van der Waals surface area contributed by atoms with Crippen LogP contribution < -0.4 is 4.74 Å². The zero-order valence-corrected chi connectivity index (χ0v) is 23.0. The van der Waals surface area contributed by atoms with Gasteiger partial charge in [0.2, 0.25) is 5.91 Å². The van der Waals surface area contributed by atoms with Crippen LogP contribution in [0.1, 0.15) is 81.1 Å². The molecular formula is C32H44N2O3. The van der Waals surface area contributed by atoms with Crippen LogP contribution in [0.15, 0.2) is 60.2 Å². The van der Waals surface area contributed by atoms with E-state index in [1.165, 1.54) is 24.8 Å². The Hall–Kier alpha value is -3.08. The van der Waals surface area contributed by atoms with Crippen molar-refractivity contribution in [3.63, 3.8) is 0 Å². The predicted molar refractivity (Wildman–Crippen MR) is 152 cm³/mol. The third-order valence-corrected chi connectivity index (χ3v) is 7.20. The van der Waals surface area contributed by atoms with Crippen LogP contribution in [0.5, 0.6) is 5.75 Å². The smallest absolute Gasteiger partial charge is 0.253 e. The van der Waals surface area contributed by atoms with E-state index in [1.54, 1.807) is 13.2 Å². The number of carbonyl (C=O) groups excluding carboxylic acids is 2. The predicted octanol–water partition coefficient (Wildman–Crippen LogP) is 6.84. The first kappa shape index (κ1) is 28.5. The number of ether oxygens (including phenoxy) is 1. The molecule has 200 valence electrons. The SMILES string of the molecule is CCCCCCCC(=O)N(C/C(C)=C/c1ccccc1)CC1CCN(C(=O)c2cccc(OC)c2)CC1. The Labute approximate surface area is 223 Å². The van der Waals surface area contributed by atoms with Crippen LogP contribution in [0, 0.1) is 5.92 Å². The second kappa shape index (κ2) is 15.2. The van der Waals surface area contributed by atoms with Gasteiger partial charge in [-0.15, -0.1) is 0 Å². The highest BCUT2D eigenvalue weighted by atomic mass is 16.5. The van der Waals surface area contributed by atoms with Crippen LogP contribution in [-0.2, 0) is 4.79 Å². The van der Waals surface area contributed by atoms with E-state index < -0.39 is 0 Å². The summed E-state index contributed by atoms with van der Waals surface area (Å²) in [6.45, 7) is 7.19. The molecule has 1 aliphatic rings. The summed E-state index contributed by atoms with van der Waals surface area (Å²) < 4.78 is 5.28. The van der Waals surface area contributed by atoms with Gasteiger partial charge in [0.1, 0.15) is 5.75 Å². The van der Waals surface area contributed by atoms with Crippen LogP contribution in [0.2, 0.25) is 0 Å². The highest BCUT2D eigenvalue weighted by Gasteiger charge is 2.26. The summed E-state index contributed by atoms with van der Waals surface area (Å²) in [5.74, 6) is 1.41. The fourth-order valence-corrected chi connectivity index (χ4v) is 5.04. The van der Waals surface area contributed by atoms with Gasteiger partial charge in [-0.3, -0.25) is 9.59 Å². The molecule has 0 spiro atoms. The minimum atomic E-state index is 0.0546. The average molecular weight is 505 g/mol. The summed E-state index contributed by atoms with van der Waals surface area (Å²) in [6.07, 6.45) is 10.4. The molecule has 5 heteroatoms. The molecular weight excluding hydrogens is 460 g/mol. The van der Waals surface area contributed by atoms with Crippen molar-refractivity contribution < 1.29 is 14.3 Å². The largest absolute Gasteiger partial charge is 0.497 e. The normalized spacial score (nSPS) is 14.5. The molecule has 1 aliphatic heterocycles. The maximum atomic E-state index is 13.3. The molecule has 1 fully saturated rings. The van der Waals surface area contributed by atoms with E-state index in [1.807, 2.05) is 41.3 Å². The standard InChI is InChI=1S/C32H44N2O3/c1-4-5-6-7-11-17-31(35)34(24-26(2)22-27-13-9-8-10-14-27)25-28-18-20-33(21-19-28)32(36)29-15-12-16-30(23-29)37-3/h8-10,12-16,22-23,28H,4-7,11,17-21,24-25H2,1-3H3/b26-22+. The number of carbonyl (C=O) groups is 2. The van der Waals surface area contributed by atoms with Crippen molar-refractivity contribution in [1.82, 2.24) is 9.80 Å². The highest BCUT2D eigenvalue weighted by Crippen LogP contribution is 2.23. The summed E-state index contributed by atoms with van der Waals surface area (Å²) in [6, 6.07) is 17.7. The van der Waals surface area contributed by atoms with Gasteiger partial charge in [0.05, 0.1) is 7.11 Å². The van der Waals surface area contributed by atoms with Gasteiger partial charge in [-0.2, -0.15) is 0 Å². The van der Waals surface area contributed by atoms with Crippen LogP contribution in [0.4, 0.5) is 0 Å². The number of unbranched alkanes of at least 4 members (excludes halogenated alkanes) is 4. The molecule has 5 nitrogen and oxygen atoms in total. The number of methoxy groups -OCH3 is 1. The molecule has 1 heterocycles. The molecule has 0 saturated carbocycles. The van der Waals surface area contributed by atoms with Crippen molar-refractivity contribution in [2.75, 3.05) is 33.3 Å². The van der Waals surface area contributed by atoms with Crippen LogP contribution in [0.3, 0.4) is 0 Å². The summed E-state index contributed by atoms with van der Waals surface area (Å²) in [7, 11) is 1.62. The number of hydrogen-bond acceptors (Lipinski definition) is 3. The number of piperidine rings is 1. The first-order chi connectivity index (χ1) is 18.0. The van der Waals surface area contributed by atoms with Gasteiger partial charge in [-0.1, -0.05) is 80.7 Å². The fraction of sp³-hybridized carbons (Fsp3) is 0.500. The van der Waals surface area contributed by atoms with Crippen molar-refractivity contribution in [1.29, 1.82) is 0 Å². The molecule has 0 N–H and O–H groups in total. The molecule has 2 aromatic carbocycles. The maximum absolute atomic E-state index is 13.3. The molecule has 0 unspecified atom stereocenters. The van der Waals surface area contributed by atoms with E-state index in [9.17, 15) is 9.59 Å². The van der Waals surface area contributed by atoms with Crippen molar-refractivity contribution in [3.05, 3.63) is 71.3 Å². The lowest BCUT2D eigenvalue weighted by molar-refractivity contribution is -0.131. The zero-order valence-electron chi connectivity index (χ0n) is 23.0. The van der Waals surface area contributed by atoms with Crippen molar-refractivity contribution in [2.45, 2.75) is 65.2 Å². The lowest BCUT2D eigenvalue weighted by atomic mass is 9.95. The molecule has 0 atom stereocenters. The van der Waals surface area contributed by atoms with Crippen LogP contribution >= 0.6 is 0 Å². The van der Waals surface area contributed by atoms with E-state index in [0.29, 0.717) is 30.2 Å². The number of benzene rings is 2. The van der Waals surface area contributed by atoms with Gasteiger partial charge in [0.25, 0.3) is 5.91 Å². The molecule has 37 heavy (non-hydrogen) atoms. The summed E-state index contributed by atoms with van der Waals surface area (Å²) in [5, 5.41) is 0. The zero-order chi connectivity index (χ0) is 26.5. The Morgan fingerprint density at radius 2 is 1.73 bits per heavy atom. The molecule has 2 aromatic rings. The van der Waals surface area contributed by atoms with Crippen LogP contribution in [-0.4, -0.2) is 54.9 Å². The van der Waals surface area contributed by atoms with Gasteiger partial charge in [0.15, 0.2) is 0 Å². The third-order valence-electron chi connectivity index (χ3n) is 7.20. The Morgan fingerprint density at radius 3 is 2.43 bits per heavy atom. The molecule has 0 bridgehead atoms. The maximum Gasteiger partial charge on any atom is 0.253 e. The molecule has 3 rings (SSSR count). The Kier molecular flexibility index (Phi) is 11.7. The monoisotopic (exact) mass is 504 g/mol. The first-order valence-electron chi connectivity index (χ1n) is 13.9. The number of amides is 2. The second-order valence-electron chi connectivity index (χ2n) is 10.3. The van der Waals surface area contributed by atoms with Gasteiger partial charge >= 0.3 is 0 Å². The van der Waals surface area contributed by atoms with E-state index in [2.05, 4.69) is 37.0 Å². The number of rotatable bonds is 13. The highest BCUT2D eigenvalue weighted by molar-refractivity contribution is 5.94. The Balaban J connectivity index is 1.59. The van der Waals surface area contributed by atoms with Crippen molar-refractivity contribution in [2.24, 2.45) is 5.92 Å².